The van der Waals surface area contributed by atoms with Crippen molar-refractivity contribution >= 4 is 29.9 Å². The number of rotatable bonds is 7. The Hall–Kier alpha value is -2.49. The lowest BCUT2D eigenvalue weighted by atomic mass is 10.1. The van der Waals surface area contributed by atoms with E-state index in [1.807, 2.05) is 36.7 Å². The van der Waals surface area contributed by atoms with Crippen molar-refractivity contribution in [2.24, 2.45) is 12.0 Å². The average molecular weight is 522 g/mol. The van der Waals surface area contributed by atoms with Gasteiger partial charge in [-0.05, 0) is 43.5 Å². The summed E-state index contributed by atoms with van der Waals surface area (Å²) in [5.41, 5.74) is 2.24. The minimum Gasteiger partial charge on any atom is -0.356 e. The largest absolute Gasteiger partial charge is 0.356 e. The zero-order valence-corrected chi connectivity index (χ0v) is 19.8. The molecule has 3 rings (SSSR count). The number of halogens is 2. The van der Waals surface area contributed by atoms with Crippen molar-refractivity contribution in [2.75, 3.05) is 6.54 Å². The van der Waals surface area contributed by atoms with Crippen LogP contribution in [0.25, 0.3) is 0 Å². The monoisotopic (exact) mass is 522 g/mol. The summed E-state index contributed by atoms with van der Waals surface area (Å²) in [5, 5.41) is 15.1. The SMILES string of the molecule is Cc1nnc(CN=C(NCCc2ccc(F)cc2)NC(C)c2ccccc2)n1C.I. The molecule has 0 aliphatic carbocycles. The van der Waals surface area contributed by atoms with Gasteiger partial charge in [-0.25, -0.2) is 9.38 Å². The second-order valence-electron chi connectivity index (χ2n) is 6.97. The van der Waals surface area contributed by atoms with E-state index in [2.05, 4.69) is 39.9 Å². The Balaban J connectivity index is 0.00000320. The molecule has 1 atom stereocenters. The summed E-state index contributed by atoms with van der Waals surface area (Å²) in [6.45, 7) is 5.11. The predicted molar refractivity (Wildman–Crippen MR) is 128 cm³/mol. The van der Waals surface area contributed by atoms with E-state index >= 15 is 0 Å². The second-order valence-corrected chi connectivity index (χ2v) is 6.97. The van der Waals surface area contributed by atoms with Gasteiger partial charge in [0.05, 0.1) is 6.04 Å². The van der Waals surface area contributed by atoms with Gasteiger partial charge in [-0.1, -0.05) is 42.5 Å². The molecule has 0 bridgehead atoms. The van der Waals surface area contributed by atoms with Crippen molar-refractivity contribution in [2.45, 2.75) is 32.9 Å². The molecule has 0 amide bonds. The summed E-state index contributed by atoms with van der Waals surface area (Å²) in [7, 11) is 1.93. The molecule has 0 aliphatic rings. The van der Waals surface area contributed by atoms with Gasteiger partial charge in [0.2, 0.25) is 0 Å². The highest BCUT2D eigenvalue weighted by molar-refractivity contribution is 14.0. The Labute approximate surface area is 194 Å². The Morgan fingerprint density at radius 2 is 1.80 bits per heavy atom. The van der Waals surface area contributed by atoms with Gasteiger partial charge in [0, 0.05) is 13.6 Å². The fourth-order valence-corrected chi connectivity index (χ4v) is 2.90. The fraction of sp³-hybridized carbons (Fsp3) is 0.318. The number of aromatic nitrogens is 3. The first kappa shape index (κ1) is 23.8. The highest BCUT2D eigenvalue weighted by atomic mass is 127. The van der Waals surface area contributed by atoms with E-state index in [4.69, 9.17) is 4.99 Å². The van der Waals surface area contributed by atoms with Crippen LogP contribution in [0.4, 0.5) is 4.39 Å². The molecular formula is C22H28FIN6. The van der Waals surface area contributed by atoms with Crippen molar-refractivity contribution in [1.82, 2.24) is 25.4 Å². The molecule has 3 aromatic rings. The van der Waals surface area contributed by atoms with E-state index in [1.165, 1.54) is 17.7 Å². The molecule has 1 unspecified atom stereocenters. The highest BCUT2D eigenvalue weighted by Crippen LogP contribution is 2.11. The number of nitrogens with zero attached hydrogens (tertiary/aromatic N) is 4. The first-order valence-electron chi connectivity index (χ1n) is 9.72. The Kier molecular flexibility index (Phi) is 9.22. The zero-order valence-electron chi connectivity index (χ0n) is 17.5. The van der Waals surface area contributed by atoms with Crippen molar-refractivity contribution in [1.29, 1.82) is 0 Å². The second kappa shape index (κ2) is 11.6. The fourth-order valence-electron chi connectivity index (χ4n) is 2.90. The van der Waals surface area contributed by atoms with Gasteiger partial charge in [0.15, 0.2) is 11.8 Å². The minimum atomic E-state index is -0.221. The number of aryl methyl sites for hydroxylation is 1. The van der Waals surface area contributed by atoms with Gasteiger partial charge in [-0.2, -0.15) is 0 Å². The topological polar surface area (TPSA) is 67.1 Å². The van der Waals surface area contributed by atoms with Gasteiger partial charge in [0.25, 0.3) is 0 Å². The van der Waals surface area contributed by atoms with E-state index < -0.39 is 0 Å². The molecule has 30 heavy (non-hydrogen) atoms. The van der Waals surface area contributed by atoms with Crippen LogP contribution in [0.15, 0.2) is 59.6 Å². The van der Waals surface area contributed by atoms with Crippen LogP contribution in [0.3, 0.4) is 0 Å². The van der Waals surface area contributed by atoms with Crippen LogP contribution in [0.2, 0.25) is 0 Å². The molecule has 2 aromatic carbocycles. The molecule has 2 N–H and O–H groups in total. The smallest absolute Gasteiger partial charge is 0.192 e. The molecule has 0 aliphatic heterocycles. The molecule has 0 saturated heterocycles. The molecule has 8 heteroatoms. The van der Waals surface area contributed by atoms with Crippen LogP contribution in [0.5, 0.6) is 0 Å². The summed E-state index contributed by atoms with van der Waals surface area (Å²) in [6, 6.07) is 16.9. The summed E-state index contributed by atoms with van der Waals surface area (Å²) in [4.78, 5) is 4.69. The molecule has 160 valence electrons. The van der Waals surface area contributed by atoms with Crippen molar-refractivity contribution < 1.29 is 4.39 Å². The summed E-state index contributed by atoms with van der Waals surface area (Å²) in [6.07, 6.45) is 0.768. The first-order chi connectivity index (χ1) is 14.0. The molecular weight excluding hydrogens is 494 g/mol. The van der Waals surface area contributed by atoms with E-state index in [0.717, 1.165) is 23.6 Å². The number of hydrogen-bond donors (Lipinski definition) is 2. The molecule has 1 aromatic heterocycles. The maximum Gasteiger partial charge on any atom is 0.192 e. The van der Waals surface area contributed by atoms with E-state index in [0.29, 0.717) is 19.0 Å². The van der Waals surface area contributed by atoms with Crippen LogP contribution >= 0.6 is 24.0 Å². The number of guanidine groups is 1. The van der Waals surface area contributed by atoms with Gasteiger partial charge in [-0.15, -0.1) is 34.2 Å². The highest BCUT2D eigenvalue weighted by Gasteiger charge is 2.09. The van der Waals surface area contributed by atoms with Crippen LogP contribution in [-0.4, -0.2) is 27.3 Å². The number of benzene rings is 2. The third-order valence-corrected chi connectivity index (χ3v) is 4.83. The summed E-state index contributed by atoms with van der Waals surface area (Å²) >= 11 is 0. The number of nitrogens with one attached hydrogen (secondary N) is 2. The Morgan fingerprint density at radius 1 is 1.10 bits per heavy atom. The first-order valence-corrected chi connectivity index (χ1v) is 9.72. The van der Waals surface area contributed by atoms with Crippen LogP contribution in [-0.2, 0) is 20.0 Å². The average Bonchev–Trinajstić information content (AvgIpc) is 3.06. The van der Waals surface area contributed by atoms with Crippen LogP contribution in [0, 0.1) is 12.7 Å². The number of aliphatic imine (C=N–C) groups is 1. The normalized spacial score (nSPS) is 12.2. The predicted octanol–water partition coefficient (Wildman–Crippen LogP) is 3.92. The minimum absolute atomic E-state index is 0. The van der Waals surface area contributed by atoms with Crippen LogP contribution < -0.4 is 10.6 Å². The third kappa shape index (κ3) is 6.79. The summed E-state index contributed by atoms with van der Waals surface area (Å²) < 4.78 is 15.0. The van der Waals surface area contributed by atoms with Gasteiger partial charge < -0.3 is 15.2 Å². The van der Waals surface area contributed by atoms with Gasteiger partial charge >= 0.3 is 0 Å². The third-order valence-electron chi connectivity index (χ3n) is 4.83. The summed E-state index contributed by atoms with van der Waals surface area (Å²) in [5.74, 6) is 2.13. The van der Waals surface area contributed by atoms with E-state index in [-0.39, 0.29) is 35.8 Å². The van der Waals surface area contributed by atoms with E-state index in [1.54, 1.807) is 12.1 Å². The molecule has 0 radical (unpaired) electrons. The lowest BCUT2D eigenvalue weighted by Gasteiger charge is -2.19. The lowest BCUT2D eigenvalue weighted by molar-refractivity contribution is 0.626. The van der Waals surface area contributed by atoms with Crippen molar-refractivity contribution in [3.63, 3.8) is 0 Å². The van der Waals surface area contributed by atoms with Gasteiger partial charge in [-0.3, -0.25) is 0 Å². The van der Waals surface area contributed by atoms with Crippen molar-refractivity contribution in [3.05, 3.63) is 83.2 Å². The Bertz CT molecular complexity index is 940. The molecule has 0 fully saturated rings. The maximum atomic E-state index is 13.1. The quantitative estimate of drug-likeness (QED) is 0.281. The molecule has 6 nitrogen and oxygen atoms in total. The zero-order chi connectivity index (χ0) is 20.6. The van der Waals surface area contributed by atoms with E-state index in [9.17, 15) is 4.39 Å². The maximum absolute atomic E-state index is 13.1. The molecule has 0 saturated carbocycles. The Morgan fingerprint density at radius 3 is 2.43 bits per heavy atom. The van der Waals surface area contributed by atoms with Gasteiger partial charge in [0.1, 0.15) is 18.2 Å². The standard InChI is InChI=1S/C22H27FN6.HI/c1-16(19-7-5-4-6-8-19)26-22(25-15-21-28-27-17(2)29(21)3)24-14-13-18-9-11-20(23)12-10-18;/h4-12,16H,13-15H2,1-3H3,(H2,24,25,26);1H. The number of hydrogen-bond acceptors (Lipinski definition) is 3. The van der Waals surface area contributed by atoms with Crippen LogP contribution in [0.1, 0.15) is 35.7 Å². The lowest BCUT2D eigenvalue weighted by Crippen LogP contribution is -2.39. The molecule has 1 heterocycles. The van der Waals surface area contributed by atoms with Crippen molar-refractivity contribution in [3.8, 4) is 0 Å². The molecule has 0 spiro atoms.